The second-order valence-electron chi connectivity index (χ2n) is 5.58. The van der Waals surface area contributed by atoms with Crippen LogP contribution in [0.25, 0.3) is 0 Å². The Morgan fingerprint density at radius 3 is 2.67 bits per heavy atom. The van der Waals surface area contributed by atoms with Crippen molar-refractivity contribution in [1.82, 2.24) is 4.90 Å². The lowest BCUT2D eigenvalue weighted by molar-refractivity contribution is -0.763. The fourth-order valence-electron chi connectivity index (χ4n) is 2.56. The summed E-state index contributed by atoms with van der Waals surface area (Å²) >= 11 is 12.3. The molecule has 10 heteroatoms. The van der Waals surface area contributed by atoms with Crippen LogP contribution in [0.15, 0.2) is 47.5 Å². The van der Waals surface area contributed by atoms with Crippen molar-refractivity contribution in [2.75, 3.05) is 18.4 Å². The van der Waals surface area contributed by atoms with Crippen LogP contribution >= 0.6 is 23.2 Å². The van der Waals surface area contributed by atoms with Crippen molar-refractivity contribution in [1.29, 1.82) is 0 Å². The van der Waals surface area contributed by atoms with E-state index in [1.165, 1.54) is 4.90 Å². The Bertz CT molecular complexity index is 899. The molecule has 1 aliphatic heterocycles. The molecule has 0 radical (unpaired) electrons. The molecule has 2 aromatic rings. The van der Waals surface area contributed by atoms with Gasteiger partial charge in [-0.2, -0.15) is 0 Å². The van der Waals surface area contributed by atoms with E-state index in [0.29, 0.717) is 45.9 Å². The number of hydrogen-bond acceptors (Lipinski definition) is 6. The average molecular weight is 409 g/mol. The van der Waals surface area contributed by atoms with Crippen molar-refractivity contribution in [3.8, 4) is 0 Å². The molecule has 1 aliphatic rings. The minimum Gasteiger partial charge on any atom is -0.323 e. The fraction of sp³-hybridized carbons (Fsp3) is 0.176. The number of benzene rings is 2. The molecular formula is C17H14Cl2N4O4. The highest BCUT2D eigenvalue weighted by Gasteiger charge is 2.26. The second-order valence-corrected chi connectivity index (χ2v) is 6.40. The van der Waals surface area contributed by atoms with Crippen molar-refractivity contribution >= 4 is 40.8 Å². The maximum atomic E-state index is 12.9. The van der Waals surface area contributed by atoms with Gasteiger partial charge in [-0.25, -0.2) is 0 Å². The largest absolute Gasteiger partial charge is 0.323 e. The molecular weight excluding hydrogens is 395 g/mol. The number of hydrogen-bond donors (Lipinski definition) is 1. The first kappa shape index (κ1) is 18.9. The first-order valence-electron chi connectivity index (χ1n) is 7.89. The Kier molecular flexibility index (Phi) is 5.78. The van der Waals surface area contributed by atoms with Gasteiger partial charge in [-0.1, -0.05) is 41.4 Å². The summed E-state index contributed by atoms with van der Waals surface area (Å²) in [5.74, 6) is 0.0341. The summed E-state index contributed by atoms with van der Waals surface area (Å²) in [5, 5.41) is 13.3. The third-order valence-corrected chi connectivity index (χ3v) is 4.43. The number of halogens is 2. The van der Waals surface area contributed by atoms with Gasteiger partial charge in [-0.05, 0) is 29.8 Å². The van der Waals surface area contributed by atoms with E-state index in [-0.39, 0.29) is 12.5 Å². The van der Waals surface area contributed by atoms with Gasteiger partial charge in [-0.3, -0.25) is 14.7 Å². The predicted octanol–water partition coefficient (Wildman–Crippen LogP) is 3.63. The van der Waals surface area contributed by atoms with Crippen LogP contribution in [0.2, 0.25) is 10.0 Å². The van der Waals surface area contributed by atoms with Crippen LogP contribution in [0.4, 0.5) is 5.69 Å². The van der Waals surface area contributed by atoms with E-state index in [0.717, 1.165) is 0 Å². The Morgan fingerprint density at radius 1 is 1.26 bits per heavy atom. The highest BCUT2D eigenvalue weighted by atomic mass is 35.5. The summed E-state index contributed by atoms with van der Waals surface area (Å²) in [7, 11) is 0. The Morgan fingerprint density at radius 2 is 1.96 bits per heavy atom. The van der Waals surface area contributed by atoms with E-state index >= 15 is 0 Å². The third-order valence-electron chi connectivity index (χ3n) is 3.80. The molecule has 0 fully saturated rings. The Balaban J connectivity index is 1.77. The van der Waals surface area contributed by atoms with Crippen LogP contribution in [0, 0.1) is 10.1 Å². The standard InChI is InChI=1S/C17H14Cl2N4O4/c18-13-5-2-6-14(19)15(13)21-17-20-7-8-22(17)16(24)12-4-1-3-11(9-12)10-27-23(25)26/h1-6,9H,7-8,10H2,(H,20,21). The molecule has 0 atom stereocenters. The molecule has 1 heterocycles. The summed E-state index contributed by atoms with van der Waals surface area (Å²) < 4.78 is 0. The zero-order valence-corrected chi connectivity index (χ0v) is 15.4. The zero-order chi connectivity index (χ0) is 19.4. The number of guanidine groups is 1. The van der Waals surface area contributed by atoms with Crippen molar-refractivity contribution in [2.24, 2.45) is 4.99 Å². The van der Waals surface area contributed by atoms with Crippen molar-refractivity contribution < 1.29 is 14.7 Å². The van der Waals surface area contributed by atoms with Crippen LogP contribution < -0.4 is 5.32 Å². The molecule has 0 aromatic heterocycles. The minimum absolute atomic E-state index is 0.234. The number of carbonyl (C=O) groups excluding carboxylic acids is 1. The van der Waals surface area contributed by atoms with E-state index in [1.807, 2.05) is 0 Å². The van der Waals surface area contributed by atoms with Crippen molar-refractivity contribution in [3.05, 3.63) is 73.8 Å². The molecule has 2 aromatic carbocycles. The normalized spacial score (nSPS) is 13.3. The molecule has 0 unspecified atom stereocenters. The molecule has 1 N–H and O–H groups in total. The van der Waals surface area contributed by atoms with Crippen LogP contribution in [-0.2, 0) is 11.4 Å². The highest BCUT2D eigenvalue weighted by molar-refractivity contribution is 6.40. The SMILES string of the molecule is O=C(c1cccc(CO[N+](=O)[O-])c1)N1CCN=C1Nc1c(Cl)cccc1Cl. The molecule has 3 rings (SSSR count). The summed E-state index contributed by atoms with van der Waals surface area (Å²) in [5.41, 5.74) is 1.34. The van der Waals surface area contributed by atoms with Gasteiger partial charge >= 0.3 is 0 Å². The maximum Gasteiger partial charge on any atom is 0.294 e. The topological polar surface area (TPSA) is 97.1 Å². The summed E-state index contributed by atoms with van der Waals surface area (Å²) in [4.78, 5) is 33.3. The van der Waals surface area contributed by atoms with Crippen molar-refractivity contribution in [3.63, 3.8) is 0 Å². The number of nitrogens with one attached hydrogen (secondary N) is 1. The van der Waals surface area contributed by atoms with Crippen LogP contribution in [-0.4, -0.2) is 34.9 Å². The highest BCUT2D eigenvalue weighted by Crippen LogP contribution is 2.30. The van der Waals surface area contributed by atoms with Gasteiger partial charge in [0.25, 0.3) is 11.0 Å². The average Bonchev–Trinajstić information content (AvgIpc) is 3.11. The maximum absolute atomic E-state index is 12.9. The fourth-order valence-corrected chi connectivity index (χ4v) is 3.05. The lowest BCUT2D eigenvalue weighted by Crippen LogP contribution is -2.38. The van der Waals surface area contributed by atoms with Gasteiger partial charge in [0.15, 0.2) is 0 Å². The first-order valence-corrected chi connectivity index (χ1v) is 8.65. The Labute approximate surface area is 164 Å². The van der Waals surface area contributed by atoms with Gasteiger partial charge in [0.1, 0.15) is 6.61 Å². The molecule has 0 spiro atoms. The molecule has 0 saturated heterocycles. The minimum atomic E-state index is -0.878. The lowest BCUT2D eigenvalue weighted by Gasteiger charge is -2.20. The number of para-hydroxylation sites is 1. The molecule has 0 saturated carbocycles. The van der Waals surface area contributed by atoms with E-state index in [9.17, 15) is 14.9 Å². The smallest absolute Gasteiger partial charge is 0.294 e. The zero-order valence-electron chi connectivity index (χ0n) is 13.9. The van der Waals surface area contributed by atoms with E-state index in [1.54, 1.807) is 42.5 Å². The van der Waals surface area contributed by atoms with E-state index in [4.69, 9.17) is 23.2 Å². The quantitative estimate of drug-likeness (QED) is 0.601. The van der Waals surface area contributed by atoms with Gasteiger partial charge in [0.05, 0.1) is 22.3 Å². The lowest BCUT2D eigenvalue weighted by atomic mass is 10.1. The van der Waals surface area contributed by atoms with Gasteiger partial charge < -0.3 is 10.2 Å². The van der Waals surface area contributed by atoms with Crippen LogP contribution in [0.1, 0.15) is 15.9 Å². The van der Waals surface area contributed by atoms with Gasteiger partial charge in [0, 0.05) is 12.1 Å². The number of rotatable bonds is 5. The molecule has 0 bridgehead atoms. The molecule has 8 nitrogen and oxygen atoms in total. The number of amides is 1. The summed E-state index contributed by atoms with van der Waals surface area (Å²) in [6.07, 6.45) is 0. The molecule has 140 valence electrons. The second kappa shape index (κ2) is 8.24. The molecule has 27 heavy (non-hydrogen) atoms. The van der Waals surface area contributed by atoms with Crippen molar-refractivity contribution in [2.45, 2.75) is 6.61 Å². The van der Waals surface area contributed by atoms with Crippen LogP contribution in [0.3, 0.4) is 0 Å². The van der Waals surface area contributed by atoms with E-state index in [2.05, 4.69) is 15.1 Å². The van der Waals surface area contributed by atoms with Gasteiger partial charge in [0.2, 0.25) is 5.96 Å². The van der Waals surface area contributed by atoms with Gasteiger partial charge in [-0.15, -0.1) is 10.1 Å². The molecule has 0 aliphatic carbocycles. The number of aliphatic imine (C=N–C) groups is 1. The Hall–Kier alpha value is -2.84. The summed E-state index contributed by atoms with van der Waals surface area (Å²) in [6.45, 7) is 0.585. The number of anilines is 1. The summed E-state index contributed by atoms with van der Waals surface area (Å²) in [6, 6.07) is 11.5. The molecule has 1 amide bonds. The number of nitrogens with zero attached hydrogens (tertiary/aromatic N) is 3. The third kappa shape index (κ3) is 4.47. The first-order chi connectivity index (χ1) is 13.0. The van der Waals surface area contributed by atoms with Crippen LogP contribution in [0.5, 0.6) is 0 Å². The van der Waals surface area contributed by atoms with E-state index < -0.39 is 5.09 Å². The predicted molar refractivity (Wildman–Crippen MR) is 102 cm³/mol. The number of carbonyl (C=O) groups is 1. The monoisotopic (exact) mass is 408 g/mol.